The maximum absolute atomic E-state index is 11.2. The number of methoxy groups -OCH3 is 1. The molecule has 2 N–H and O–H groups in total. The van der Waals surface area contributed by atoms with E-state index in [4.69, 9.17) is 11.0 Å². The number of nitrogens with two attached hydrogens (primary N) is 1. The minimum absolute atomic E-state index is 0.263. The number of carbonyl (C=O) groups excluding carboxylic acids is 1. The van der Waals surface area contributed by atoms with Crippen LogP contribution in [0.1, 0.15) is 21.5 Å². The molecule has 0 bridgehead atoms. The Labute approximate surface area is 81.9 Å². The largest absolute Gasteiger partial charge is 0.465 e. The van der Waals surface area contributed by atoms with Gasteiger partial charge in [0.2, 0.25) is 0 Å². The van der Waals surface area contributed by atoms with Gasteiger partial charge < -0.3 is 10.5 Å². The molecule has 0 spiro atoms. The minimum atomic E-state index is -0.491. The highest BCUT2D eigenvalue weighted by Crippen LogP contribution is 2.18. The quantitative estimate of drug-likeness (QED) is 0.533. The summed E-state index contributed by atoms with van der Waals surface area (Å²) in [6.07, 6.45) is 0. The first-order valence-corrected chi connectivity index (χ1v) is 3.98. The Morgan fingerprint density at radius 3 is 2.71 bits per heavy atom. The number of hydrogen-bond acceptors (Lipinski definition) is 4. The number of aryl methyl sites for hydroxylation is 1. The summed E-state index contributed by atoms with van der Waals surface area (Å²) in [5, 5.41) is 8.71. The van der Waals surface area contributed by atoms with Crippen molar-refractivity contribution in [2.75, 3.05) is 12.8 Å². The van der Waals surface area contributed by atoms with Gasteiger partial charge in [0, 0.05) is 5.69 Å². The molecule has 0 aliphatic rings. The van der Waals surface area contributed by atoms with Gasteiger partial charge >= 0.3 is 5.97 Å². The Balaban J connectivity index is 3.30. The lowest BCUT2D eigenvalue weighted by Crippen LogP contribution is -2.06. The monoisotopic (exact) mass is 190 g/mol. The predicted octanol–water partition coefficient (Wildman–Crippen LogP) is 1.24. The fourth-order valence-corrected chi connectivity index (χ4v) is 1.13. The first-order chi connectivity index (χ1) is 6.60. The Hall–Kier alpha value is -2.02. The molecule has 0 aliphatic heterocycles. The van der Waals surface area contributed by atoms with Crippen LogP contribution in [0.2, 0.25) is 0 Å². The summed E-state index contributed by atoms with van der Waals surface area (Å²) < 4.78 is 4.54. The second-order valence-corrected chi connectivity index (χ2v) is 2.86. The second kappa shape index (κ2) is 3.79. The molecule has 1 aromatic carbocycles. The molecule has 72 valence electrons. The zero-order chi connectivity index (χ0) is 10.7. The molecule has 1 rings (SSSR count). The number of hydrogen-bond donors (Lipinski definition) is 1. The molecular formula is C10H10N2O2. The molecule has 0 saturated carbocycles. The highest BCUT2D eigenvalue weighted by atomic mass is 16.5. The van der Waals surface area contributed by atoms with Crippen molar-refractivity contribution in [3.8, 4) is 6.07 Å². The predicted molar refractivity (Wildman–Crippen MR) is 51.6 cm³/mol. The van der Waals surface area contributed by atoms with Gasteiger partial charge in [0.15, 0.2) is 0 Å². The van der Waals surface area contributed by atoms with E-state index in [9.17, 15) is 4.79 Å². The molecule has 0 heterocycles. The fourth-order valence-electron chi connectivity index (χ4n) is 1.13. The van der Waals surface area contributed by atoms with Gasteiger partial charge in [-0.2, -0.15) is 5.26 Å². The Morgan fingerprint density at radius 1 is 1.57 bits per heavy atom. The molecule has 0 atom stereocenters. The van der Waals surface area contributed by atoms with Crippen LogP contribution in [0.4, 0.5) is 5.69 Å². The first-order valence-electron chi connectivity index (χ1n) is 3.98. The zero-order valence-corrected chi connectivity index (χ0v) is 8.00. The molecule has 0 aromatic heterocycles. The van der Waals surface area contributed by atoms with E-state index in [1.54, 1.807) is 13.0 Å². The fraction of sp³-hybridized carbons (Fsp3) is 0.200. The van der Waals surface area contributed by atoms with Crippen molar-refractivity contribution in [1.29, 1.82) is 5.26 Å². The van der Waals surface area contributed by atoms with Gasteiger partial charge in [-0.25, -0.2) is 4.79 Å². The van der Waals surface area contributed by atoms with E-state index in [2.05, 4.69) is 4.74 Å². The summed E-state index contributed by atoms with van der Waals surface area (Å²) in [6.45, 7) is 1.74. The van der Waals surface area contributed by atoms with E-state index < -0.39 is 5.97 Å². The van der Waals surface area contributed by atoms with Gasteiger partial charge in [-0.05, 0) is 24.6 Å². The number of esters is 1. The first kappa shape index (κ1) is 10.1. The van der Waals surface area contributed by atoms with Crippen LogP contribution in [0.15, 0.2) is 12.1 Å². The number of carbonyl (C=O) groups is 1. The standard InChI is InChI=1S/C10H10N2O2/c1-6-3-8(10(13)14-2)9(12)4-7(6)5-11/h3-4H,12H2,1-2H3. The van der Waals surface area contributed by atoms with Crippen LogP contribution in [0.25, 0.3) is 0 Å². The molecule has 0 aliphatic carbocycles. The molecule has 4 heteroatoms. The van der Waals surface area contributed by atoms with Gasteiger partial charge in [0.1, 0.15) is 0 Å². The molecular weight excluding hydrogens is 180 g/mol. The maximum Gasteiger partial charge on any atom is 0.339 e. The SMILES string of the molecule is COC(=O)c1cc(C)c(C#N)cc1N. The van der Waals surface area contributed by atoms with Crippen LogP contribution in [0.3, 0.4) is 0 Å². The van der Waals surface area contributed by atoms with E-state index in [1.807, 2.05) is 6.07 Å². The van der Waals surface area contributed by atoms with Crippen molar-refractivity contribution in [2.24, 2.45) is 0 Å². The number of ether oxygens (including phenoxy) is 1. The van der Waals surface area contributed by atoms with Crippen molar-refractivity contribution >= 4 is 11.7 Å². The molecule has 0 radical (unpaired) electrons. The van der Waals surface area contributed by atoms with Crippen molar-refractivity contribution in [2.45, 2.75) is 6.92 Å². The van der Waals surface area contributed by atoms with Crippen LogP contribution in [0.5, 0.6) is 0 Å². The van der Waals surface area contributed by atoms with Gasteiger partial charge in [0.05, 0.1) is 24.3 Å². The van der Waals surface area contributed by atoms with E-state index >= 15 is 0 Å². The van der Waals surface area contributed by atoms with E-state index in [-0.39, 0.29) is 5.69 Å². The summed E-state index contributed by atoms with van der Waals surface area (Å²) in [6, 6.07) is 5.02. The molecule has 0 unspecified atom stereocenters. The van der Waals surface area contributed by atoms with E-state index in [0.717, 1.165) is 0 Å². The van der Waals surface area contributed by atoms with E-state index in [1.165, 1.54) is 13.2 Å². The number of nitrogens with zero attached hydrogens (tertiary/aromatic N) is 1. The summed E-state index contributed by atoms with van der Waals surface area (Å²) in [7, 11) is 1.29. The average Bonchev–Trinajstić information content (AvgIpc) is 2.19. The minimum Gasteiger partial charge on any atom is -0.465 e. The van der Waals surface area contributed by atoms with Crippen LogP contribution < -0.4 is 5.73 Å². The van der Waals surface area contributed by atoms with Crippen molar-refractivity contribution in [3.05, 3.63) is 28.8 Å². The summed E-state index contributed by atoms with van der Waals surface area (Å²) in [4.78, 5) is 11.2. The molecule has 0 fully saturated rings. The van der Waals surface area contributed by atoms with Crippen LogP contribution in [-0.2, 0) is 4.74 Å². The topological polar surface area (TPSA) is 76.1 Å². The van der Waals surface area contributed by atoms with Gasteiger partial charge in [0.25, 0.3) is 0 Å². The normalized spacial score (nSPS) is 9.21. The Kier molecular flexibility index (Phi) is 2.73. The van der Waals surface area contributed by atoms with Gasteiger partial charge in [-0.1, -0.05) is 0 Å². The Bertz CT molecular complexity index is 419. The van der Waals surface area contributed by atoms with Gasteiger partial charge in [-0.3, -0.25) is 0 Å². The highest BCUT2D eigenvalue weighted by molar-refractivity contribution is 5.95. The number of benzene rings is 1. The van der Waals surface area contributed by atoms with E-state index in [0.29, 0.717) is 16.7 Å². The third-order valence-corrected chi connectivity index (χ3v) is 1.92. The summed E-state index contributed by atoms with van der Waals surface area (Å²) >= 11 is 0. The lowest BCUT2D eigenvalue weighted by molar-refractivity contribution is 0.0602. The summed E-state index contributed by atoms with van der Waals surface area (Å²) in [5.74, 6) is -0.491. The van der Waals surface area contributed by atoms with Crippen LogP contribution in [-0.4, -0.2) is 13.1 Å². The Morgan fingerprint density at radius 2 is 2.21 bits per heavy atom. The average molecular weight is 190 g/mol. The van der Waals surface area contributed by atoms with Crippen molar-refractivity contribution < 1.29 is 9.53 Å². The smallest absolute Gasteiger partial charge is 0.339 e. The molecule has 0 amide bonds. The lowest BCUT2D eigenvalue weighted by Gasteiger charge is -2.05. The van der Waals surface area contributed by atoms with Crippen molar-refractivity contribution in [1.82, 2.24) is 0 Å². The maximum atomic E-state index is 11.2. The second-order valence-electron chi connectivity index (χ2n) is 2.86. The summed E-state index contributed by atoms with van der Waals surface area (Å²) in [5.41, 5.74) is 7.33. The molecule has 4 nitrogen and oxygen atoms in total. The molecule has 14 heavy (non-hydrogen) atoms. The highest BCUT2D eigenvalue weighted by Gasteiger charge is 2.12. The van der Waals surface area contributed by atoms with Crippen LogP contribution in [0, 0.1) is 18.3 Å². The zero-order valence-electron chi connectivity index (χ0n) is 8.00. The third kappa shape index (κ3) is 1.67. The van der Waals surface area contributed by atoms with Gasteiger partial charge in [-0.15, -0.1) is 0 Å². The number of nitriles is 1. The number of anilines is 1. The third-order valence-electron chi connectivity index (χ3n) is 1.92. The van der Waals surface area contributed by atoms with Crippen molar-refractivity contribution in [3.63, 3.8) is 0 Å². The number of rotatable bonds is 1. The lowest BCUT2D eigenvalue weighted by atomic mass is 10.0. The van der Waals surface area contributed by atoms with Crippen LogP contribution >= 0.6 is 0 Å². The molecule has 0 saturated heterocycles. The molecule has 1 aromatic rings. The number of nitrogen functional groups attached to an aromatic ring is 1.